The summed E-state index contributed by atoms with van der Waals surface area (Å²) in [5, 5.41) is 11.7. The molecule has 3 aromatic rings. The van der Waals surface area contributed by atoms with Gasteiger partial charge in [-0.2, -0.15) is 0 Å². The Morgan fingerprint density at radius 2 is 1.92 bits per heavy atom. The van der Waals surface area contributed by atoms with Crippen LogP contribution in [-0.2, 0) is 5.75 Å². The van der Waals surface area contributed by atoms with E-state index in [0.717, 1.165) is 11.3 Å². The number of nitrogens with zero attached hydrogens (tertiary/aromatic N) is 5. The molecule has 0 aliphatic carbocycles. The number of rotatable bonds is 6. The van der Waals surface area contributed by atoms with Crippen LogP contribution in [0.4, 0.5) is 0 Å². The molecule has 0 saturated carbocycles. The fourth-order valence-electron chi connectivity index (χ4n) is 2.24. The van der Waals surface area contributed by atoms with Gasteiger partial charge in [0, 0.05) is 24.7 Å². The third kappa shape index (κ3) is 4.03. The molecule has 0 spiro atoms. The third-order valence-electron chi connectivity index (χ3n) is 3.47. The fourth-order valence-corrected chi connectivity index (χ4v) is 3.03. The maximum atomic E-state index is 12.3. The van der Waals surface area contributed by atoms with E-state index >= 15 is 0 Å². The van der Waals surface area contributed by atoms with Gasteiger partial charge in [0.25, 0.3) is 5.91 Å². The first-order valence-electron chi connectivity index (χ1n) is 7.88. The van der Waals surface area contributed by atoms with Crippen LogP contribution in [0.5, 0.6) is 0 Å². The summed E-state index contributed by atoms with van der Waals surface area (Å²) in [6.45, 7) is 4.42. The van der Waals surface area contributed by atoms with E-state index < -0.39 is 0 Å². The van der Waals surface area contributed by atoms with E-state index in [-0.39, 0.29) is 5.91 Å². The zero-order chi connectivity index (χ0) is 17.6. The Morgan fingerprint density at radius 3 is 2.60 bits per heavy atom. The van der Waals surface area contributed by atoms with Gasteiger partial charge in [0.2, 0.25) is 0 Å². The number of aryl methyl sites for hydroxylation is 1. The number of nitrogens with one attached hydrogen (secondary N) is 1. The average Bonchev–Trinajstić information content (AvgIpc) is 3.06. The van der Waals surface area contributed by atoms with Gasteiger partial charge in [0.1, 0.15) is 0 Å². The lowest BCUT2D eigenvalue weighted by molar-refractivity contribution is 0.0950. The summed E-state index contributed by atoms with van der Waals surface area (Å²) in [5.74, 6) is 0.252. The van der Waals surface area contributed by atoms with Crippen LogP contribution in [0.15, 0.2) is 47.9 Å². The standard InChI is InChI=1S/C17H18N6OS/c1-3-18-16(24)15-14(11-25-17-19-9-4-10-20-17)23(22-21-15)13-7-5-12(2)6-8-13/h4-10H,3,11H2,1-2H3,(H,18,24). The third-order valence-corrected chi connectivity index (χ3v) is 4.36. The second-order valence-corrected chi connectivity index (χ2v) is 6.25. The minimum absolute atomic E-state index is 0.231. The Bertz CT molecular complexity index is 847. The zero-order valence-electron chi connectivity index (χ0n) is 14.0. The lowest BCUT2D eigenvalue weighted by Crippen LogP contribution is -2.24. The van der Waals surface area contributed by atoms with E-state index in [0.29, 0.717) is 28.8 Å². The van der Waals surface area contributed by atoms with Gasteiger partial charge in [-0.15, -0.1) is 5.10 Å². The smallest absolute Gasteiger partial charge is 0.273 e. The molecule has 0 bridgehead atoms. The molecule has 2 heterocycles. The Hall–Kier alpha value is -2.74. The molecule has 1 N–H and O–H groups in total. The Morgan fingerprint density at radius 1 is 1.20 bits per heavy atom. The van der Waals surface area contributed by atoms with Crippen LogP contribution in [0, 0.1) is 6.92 Å². The van der Waals surface area contributed by atoms with Crippen LogP contribution in [0.25, 0.3) is 5.69 Å². The van der Waals surface area contributed by atoms with Crippen LogP contribution in [0.2, 0.25) is 0 Å². The molecule has 0 radical (unpaired) electrons. The molecule has 1 amide bonds. The molecule has 2 aromatic heterocycles. The van der Waals surface area contributed by atoms with Gasteiger partial charge < -0.3 is 5.32 Å². The highest BCUT2D eigenvalue weighted by Crippen LogP contribution is 2.22. The van der Waals surface area contributed by atoms with Crippen molar-refractivity contribution in [3.8, 4) is 5.69 Å². The quantitative estimate of drug-likeness (QED) is 0.540. The van der Waals surface area contributed by atoms with Gasteiger partial charge in [-0.05, 0) is 32.0 Å². The molecular weight excluding hydrogens is 336 g/mol. The first-order chi connectivity index (χ1) is 12.2. The maximum absolute atomic E-state index is 12.3. The van der Waals surface area contributed by atoms with Crippen LogP contribution in [0.1, 0.15) is 28.7 Å². The number of amides is 1. The molecule has 3 rings (SSSR count). The molecule has 1 aromatic carbocycles. The van der Waals surface area contributed by atoms with Gasteiger partial charge in [-0.3, -0.25) is 4.79 Å². The van der Waals surface area contributed by atoms with Crippen molar-refractivity contribution in [3.05, 3.63) is 59.7 Å². The molecule has 0 fully saturated rings. The monoisotopic (exact) mass is 354 g/mol. The first-order valence-corrected chi connectivity index (χ1v) is 8.87. The second kappa shape index (κ2) is 7.89. The van der Waals surface area contributed by atoms with Gasteiger partial charge in [-0.25, -0.2) is 14.6 Å². The lowest BCUT2D eigenvalue weighted by Gasteiger charge is -2.08. The molecule has 0 aliphatic heterocycles. The van der Waals surface area contributed by atoms with Gasteiger partial charge in [-0.1, -0.05) is 34.7 Å². The summed E-state index contributed by atoms with van der Waals surface area (Å²) in [6, 6.07) is 9.68. The lowest BCUT2D eigenvalue weighted by atomic mass is 10.2. The topological polar surface area (TPSA) is 85.6 Å². The normalized spacial score (nSPS) is 10.6. The number of carbonyl (C=O) groups is 1. The van der Waals surface area contributed by atoms with Crippen molar-refractivity contribution in [1.29, 1.82) is 0 Å². The van der Waals surface area contributed by atoms with Crippen LogP contribution < -0.4 is 5.32 Å². The summed E-state index contributed by atoms with van der Waals surface area (Å²) in [5.41, 5.74) is 3.05. The molecular formula is C17H18N6OS. The predicted molar refractivity (Wildman–Crippen MR) is 95.7 cm³/mol. The van der Waals surface area contributed by atoms with Crippen molar-refractivity contribution in [2.75, 3.05) is 6.54 Å². The molecule has 0 aliphatic rings. The summed E-state index contributed by atoms with van der Waals surface area (Å²) >= 11 is 1.44. The van der Waals surface area contributed by atoms with Crippen LogP contribution >= 0.6 is 11.8 Å². The summed E-state index contributed by atoms with van der Waals surface area (Å²) < 4.78 is 1.69. The highest BCUT2D eigenvalue weighted by molar-refractivity contribution is 7.98. The van der Waals surface area contributed by atoms with E-state index in [1.165, 1.54) is 11.8 Å². The fraction of sp³-hybridized carbons (Fsp3) is 0.235. The summed E-state index contributed by atoms with van der Waals surface area (Å²) in [4.78, 5) is 20.7. The van der Waals surface area contributed by atoms with E-state index in [2.05, 4.69) is 25.6 Å². The van der Waals surface area contributed by atoms with E-state index in [1.54, 1.807) is 23.1 Å². The van der Waals surface area contributed by atoms with Gasteiger partial charge >= 0.3 is 0 Å². The molecule has 0 atom stereocenters. The largest absolute Gasteiger partial charge is 0.351 e. The number of hydrogen-bond acceptors (Lipinski definition) is 6. The maximum Gasteiger partial charge on any atom is 0.273 e. The Balaban J connectivity index is 1.94. The van der Waals surface area contributed by atoms with E-state index in [4.69, 9.17) is 0 Å². The van der Waals surface area contributed by atoms with Crippen molar-refractivity contribution in [2.45, 2.75) is 24.8 Å². The van der Waals surface area contributed by atoms with Gasteiger partial charge in [0.05, 0.1) is 11.4 Å². The Labute approximate surface area is 149 Å². The predicted octanol–water partition coefficient (Wildman–Crippen LogP) is 2.41. The highest BCUT2D eigenvalue weighted by atomic mass is 32.2. The van der Waals surface area contributed by atoms with Crippen molar-refractivity contribution in [3.63, 3.8) is 0 Å². The minimum atomic E-state index is -0.231. The van der Waals surface area contributed by atoms with E-state index in [1.807, 2.05) is 38.1 Å². The number of carbonyl (C=O) groups excluding carboxylic acids is 1. The minimum Gasteiger partial charge on any atom is -0.351 e. The van der Waals surface area contributed by atoms with E-state index in [9.17, 15) is 4.79 Å². The van der Waals surface area contributed by atoms with Crippen molar-refractivity contribution in [1.82, 2.24) is 30.3 Å². The molecule has 8 heteroatoms. The summed E-state index contributed by atoms with van der Waals surface area (Å²) in [7, 11) is 0. The molecule has 7 nitrogen and oxygen atoms in total. The number of hydrogen-bond donors (Lipinski definition) is 1. The van der Waals surface area contributed by atoms with Crippen molar-refractivity contribution < 1.29 is 4.79 Å². The second-order valence-electron chi connectivity index (χ2n) is 5.31. The van der Waals surface area contributed by atoms with Crippen molar-refractivity contribution >= 4 is 17.7 Å². The molecule has 0 saturated heterocycles. The Kier molecular flexibility index (Phi) is 5.39. The van der Waals surface area contributed by atoms with Crippen molar-refractivity contribution in [2.24, 2.45) is 0 Å². The van der Waals surface area contributed by atoms with Crippen LogP contribution in [-0.4, -0.2) is 37.4 Å². The molecule has 0 unspecified atom stereocenters. The number of thioether (sulfide) groups is 1. The highest BCUT2D eigenvalue weighted by Gasteiger charge is 2.20. The van der Waals surface area contributed by atoms with Crippen LogP contribution in [0.3, 0.4) is 0 Å². The SMILES string of the molecule is CCNC(=O)c1nnn(-c2ccc(C)cc2)c1CSc1ncccn1. The average molecular weight is 354 g/mol. The zero-order valence-corrected chi connectivity index (χ0v) is 14.8. The summed E-state index contributed by atoms with van der Waals surface area (Å²) in [6.07, 6.45) is 3.38. The molecule has 128 valence electrons. The first kappa shape index (κ1) is 17.1. The number of benzene rings is 1. The number of aromatic nitrogens is 5. The van der Waals surface area contributed by atoms with Gasteiger partial charge in [0.15, 0.2) is 10.9 Å². The molecule has 25 heavy (non-hydrogen) atoms.